The van der Waals surface area contributed by atoms with Crippen LogP contribution in [0.5, 0.6) is 11.8 Å². The molecule has 3 aromatic rings. The fourth-order valence-corrected chi connectivity index (χ4v) is 1.98. The molecule has 0 aromatic carbocycles. The summed E-state index contributed by atoms with van der Waals surface area (Å²) >= 11 is 0. The average molecular weight is 287 g/mol. The SMILES string of the molecule is CCCNc1nc(Oc2cc(C)nn2C)c2[nH]cnc2n1. The van der Waals surface area contributed by atoms with Crippen LogP contribution in [0.15, 0.2) is 12.4 Å². The number of imidazole rings is 1. The summed E-state index contributed by atoms with van der Waals surface area (Å²) in [5.41, 5.74) is 2.11. The van der Waals surface area contributed by atoms with Gasteiger partial charge in [-0.3, -0.25) is 0 Å². The van der Waals surface area contributed by atoms with Gasteiger partial charge in [0.2, 0.25) is 11.8 Å². The van der Waals surface area contributed by atoms with Gasteiger partial charge in [-0.1, -0.05) is 6.92 Å². The summed E-state index contributed by atoms with van der Waals surface area (Å²) in [7, 11) is 1.82. The maximum Gasteiger partial charge on any atom is 0.252 e. The van der Waals surface area contributed by atoms with Gasteiger partial charge in [0.25, 0.3) is 5.88 Å². The van der Waals surface area contributed by atoms with E-state index in [1.54, 1.807) is 11.0 Å². The predicted molar refractivity (Wildman–Crippen MR) is 78.5 cm³/mol. The first-order chi connectivity index (χ1) is 10.2. The van der Waals surface area contributed by atoms with Gasteiger partial charge < -0.3 is 15.0 Å². The Morgan fingerprint density at radius 1 is 1.38 bits per heavy atom. The zero-order chi connectivity index (χ0) is 14.8. The lowest BCUT2D eigenvalue weighted by Crippen LogP contribution is -2.06. The first-order valence-electron chi connectivity index (χ1n) is 6.81. The van der Waals surface area contributed by atoms with Crippen molar-refractivity contribution in [2.45, 2.75) is 20.3 Å². The smallest absolute Gasteiger partial charge is 0.252 e. The molecule has 2 N–H and O–H groups in total. The van der Waals surface area contributed by atoms with E-state index in [4.69, 9.17) is 4.74 Å². The van der Waals surface area contributed by atoms with Crippen molar-refractivity contribution >= 4 is 17.1 Å². The monoisotopic (exact) mass is 287 g/mol. The van der Waals surface area contributed by atoms with Gasteiger partial charge >= 0.3 is 0 Å². The summed E-state index contributed by atoms with van der Waals surface area (Å²) in [5, 5.41) is 7.40. The molecule has 0 unspecified atom stereocenters. The largest absolute Gasteiger partial charge is 0.418 e. The minimum Gasteiger partial charge on any atom is -0.418 e. The number of nitrogens with zero attached hydrogens (tertiary/aromatic N) is 5. The Bertz CT molecular complexity index is 761. The second-order valence-electron chi connectivity index (χ2n) is 4.73. The van der Waals surface area contributed by atoms with Crippen LogP contribution in [0.1, 0.15) is 19.0 Å². The second-order valence-corrected chi connectivity index (χ2v) is 4.73. The lowest BCUT2D eigenvalue weighted by molar-refractivity contribution is 0.419. The van der Waals surface area contributed by atoms with Gasteiger partial charge in [-0.25, -0.2) is 9.67 Å². The molecule has 0 spiro atoms. The summed E-state index contributed by atoms with van der Waals surface area (Å²) in [4.78, 5) is 15.9. The van der Waals surface area contributed by atoms with Crippen LogP contribution < -0.4 is 10.1 Å². The number of aromatic amines is 1. The van der Waals surface area contributed by atoms with Gasteiger partial charge in [-0.2, -0.15) is 15.1 Å². The van der Waals surface area contributed by atoms with E-state index in [1.807, 2.05) is 20.0 Å². The Morgan fingerprint density at radius 3 is 2.95 bits per heavy atom. The number of aryl methyl sites for hydroxylation is 2. The van der Waals surface area contributed by atoms with Gasteiger partial charge in [-0.05, 0) is 13.3 Å². The van der Waals surface area contributed by atoms with Crippen molar-refractivity contribution in [1.29, 1.82) is 0 Å². The van der Waals surface area contributed by atoms with Gasteiger partial charge in [0.15, 0.2) is 5.65 Å². The first kappa shape index (κ1) is 13.3. The summed E-state index contributed by atoms with van der Waals surface area (Å²) in [6.45, 7) is 4.78. The Balaban J connectivity index is 1.99. The van der Waals surface area contributed by atoms with E-state index in [-0.39, 0.29) is 0 Å². The van der Waals surface area contributed by atoms with Gasteiger partial charge in [0.05, 0.1) is 12.0 Å². The van der Waals surface area contributed by atoms with Crippen LogP contribution in [0, 0.1) is 6.92 Å². The van der Waals surface area contributed by atoms with E-state index in [2.05, 4.69) is 37.3 Å². The number of aromatic nitrogens is 6. The highest BCUT2D eigenvalue weighted by Crippen LogP contribution is 2.26. The zero-order valence-electron chi connectivity index (χ0n) is 12.2. The van der Waals surface area contributed by atoms with E-state index in [9.17, 15) is 0 Å². The third-order valence-corrected chi connectivity index (χ3v) is 2.95. The fraction of sp³-hybridized carbons (Fsp3) is 0.385. The fourth-order valence-electron chi connectivity index (χ4n) is 1.98. The number of rotatable bonds is 5. The summed E-state index contributed by atoms with van der Waals surface area (Å²) in [6.07, 6.45) is 2.56. The molecule has 0 atom stereocenters. The number of anilines is 1. The van der Waals surface area contributed by atoms with Gasteiger partial charge in [-0.15, -0.1) is 0 Å². The number of hydrogen-bond donors (Lipinski definition) is 2. The minimum absolute atomic E-state index is 0.430. The topological polar surface area (TPSA) is 93.5 Å². The molecule has 3 heterocycles. The van der Waals surface area contributed by atoms with Crippen LogP contribution in [0.25, 0.3) is 11.2 Å². The molecule has 0 amide bonds. The third-order valence-electron chi connectivity index (χ3n) is 2.95. The molecule has 110 valence electrons. The Hall–Kier alpha value is -2.64. The van der Waals surface area contributed by atoms with Crippen LogP contribution >= 0.6 is 0 Å². The molecule has 0 aliphatic heterocycles. The second kappa shape index (κ2) is 5.39. The van der Waals surface area contributed by atoms with Crippen LogP contribution in [-0.4, -0.2) is 36.3 Å². The van der Waals surface area contributed by atoms with Crippen molar-refractivity contribution < 1.29 is 4.74 Å². The van der Waals surface area contributed by atoms with Gasteiger partial charge in [0, 0.05) is 19.7 Å². The molecule has 3 aromatic heterocycles. The lowest BCUT2D eigenvalue weighted by Gasteiger charge is -2.08. The average Bonchev–Trinajstić information content (AvgIpc) is 3.03. The Labute approximate surface area is 121 Å². The Kier molecular flexibility index (Phi) is 3.43. The molecule has 0 fully saturated rings. The molecular formula is C13H17N7O. The number of hydrogen-bond acceptors (Lipinski definition) is 6. The normalized spacial score (nSPS) is 11.0. The Morgan fingerprint density at radius 2 is 2.24 bits per heavy atom. The highest BCUT2D eigenvalue weighted by molar-refractivity contribution is 5.77. The van der Waals surface area contributed by atoms with Crippen LogP contribution in [0.3, 0.4) is 0 Å². The third kappa shape index (κ3) is 2.64. The molecule has 0 saturated heterocycles. The summed E-state index contributed by atoms with van der Waals surface area (Å²) in [6, 6.07) is 1.85. The molecule has 8 heteroatoms. The number of fused-ring (bicyclic) bond motifs is 1. The lowest BCUT2D eigenvalue weighted by atomic mass is 10.5. The van der Waals surface area contributed by atoms with E-state index in [0.29, 0.717) is 28.9 Å². The van der Waals surface area contributed by atoms with Crippen LogP contribution in [0.4, 0.5) is 5.95 Å². The number of H-pyrrole nitrogens is 1. The van der Waals surface area contributed by atoms with E-state index in [1.165, 1.54) is 0 Å². The molecule has 3 rings (SSSR count). The van der Waals surface area contributed by atoms with Crippen molar-refractivity contribution in [1.82, 2.24) is 29.7 Å². The van der Waals surface area contributed by atoms with E-state index in [0.717, 1.165) is 18.7 Å². The molecule has 21 heavy (non-hydrogen) atoms. The predicted octanol–water partition coefficient (Wildman–Crippen LogP) is 2.01. The van der Waals surface area contributed by atoms with Crippen molar-refractivity contribution in [2.24, 2.45) is 7.05 Å². The highest BCUT2D eigenvalue weighted by atomic mass is 16.5. The van der Waals surface area contributed by atoms with Crippen LogP contribution in [-0.2, 0) is 7.05 Å². The summed E-state index contributed by atoms with van der Waals surface area (Å²) < 4.78 is 7.53. The van der Waals surface area contributed by atoms with Crippen molar-refractivity contribution in [3.05, 3.63) is 18.1 Å². The minimum atomic E-state index is 0.430. The summed E-state index contributed by atoms with van der Waals surface area (Å²) in [5.74, 6) is 1.55. The standard InChI is InChI=1S/C13H17N7O/c1-4-5-14-13-17-11-10(15-7-16-11)12(18-13)21-9-6-8(2)19-20(9)3/h6-7H,4-5H2,1-3H3,(H2,14,15,16,17,18). The zero-order valence-corrected chi connectivity index (χ0v) is 12.2. The molecule has 0 radical (unpaired) electrons. The maximum atomic E-state index is 5.86. The van der Waals surface area contributed by atoms with Gasteiger partial charge in [0.1, 0.15) is 5.52 Å². The van der Waals surface area contributed by atoms with E-state index < -0.39 is 0 Å². The number of nitrogens with one attached hydrogen (secondary N) is 2. The van der Waals surface area contributed by atoms with Crippen LogP contribution in [0.2, 0.25) is 0 Å². The molecule has 0 saturated carbocycles. The first-order valence-corrected chi connectivity index (χ1v) is 6.81. The quantitative estimate of drug-likeness (QED) is 0.745. The highest BCUT2D eigenvalue weighted by Gasteiger charge is 2.14. The molecule has 8 nitrogen and oxygen atoms in total. The number of ether oxygens (including phenoxy) is 1. The molecule has 0 aliphatic carbocycles. The molecule has 0 bridgehead atoms. The maximum absolute atomic E-state index is 5.86. The van der Waals surface area contributed by atoms with Crippen molar-refractivity contribution in [2.75, 3.05) is 11.9 Å². The molecule has 0 aliphatic rings. The van der Waals surface area contributed by atoms with Crippen molar-refractivity contribution in [3.63, 3.8) is 0 Å². The van der Waals surface area contributed by atoms with Crippen molar-refractivity contribution in [3.8, 4) is 11.8 Å². The van der Waals surface area contributed by atoms with E-state index >= 15 is 0 Å². The molecular weight excluding hydrogens is 270 g/mol.